The Bertz CT molecular complexity index is 1350. The van der Waals surface area contributed by atoms with Gasteiger partial charge in [-0.05, 0) is 41.5 Å². The van der Waals surface area contributed by atoms with E-state index in [0.717, 1.165) is 5.56 Å². The molecule has 4 aromatic rings. The van der Waals surface area contributed by atoms with E-state index in [1.165, 1.54) is 18.3 Å². The fourth-order valence-electron chi connectivity index (χ4n) is 3.22. The standard InChI is InChI=1S/C23H19FN4O3.C2HF3O2/c24-18-5-3-17(4-6-18)20(13-22(29)30)21-9-10-26-23(27-21)31-19-7-1-16(2-8-19)14-28-12-11-25-15-28;3-2(4,5)1(6)7/h1-12,15,20H,13-14H2,(H,29,30);(H,6,7). The van der Waals surface area contributed by atoms with Crippen LogP contribution >= 0.6 is 0 Å². The van der Waals surface area contributed by atoms with Gasteiger partial charge >= 0.3 is 24.1 Å². The summed E-state index contributed by atoms with van der Waals surface area (Å²) in [7, 11) is 0. The quantitative estimate of drug-likeness (QED) is 0.307. The highest BCUT2D eigenvalue weighted by Gasteiger charge is 2.38. The second-order valence-corrected chi connectivity index (χ2v) is 7.75. The summed E-state index contributed by atoms with van der Waals surface area (Å²) in [5.41, 5.74) is 2.21. The van der Waals surface area contributed by atoms with Crippen LogP contribution in [0.5, 0.6) is 11.8 Å². The summed E-state index contributed by atoms with van der Waals surface area (Å²) in [5.74, 6) is -4.12. The van der Waals surface area contributed by atoms with Gasteiger partial charge in [-0.25, -0.2) is 19.2 Å². The maximum atomic E-state index is 13.3. The Labute approximate surface area is 213 Å². The van der Waals surface area contributed by atoms with Crippen molar-refractivity contribution in [2.45, 2.75) is 25.1 Å². The average Bonchev–Trinajstić information content (AvgIpc) is 3.37. The molecular formula is C25H20F4N4O5. The molecule has 0 amide bonds. The van der Waals surface area contributed by atoms with E-state index in [9.17, 15) is 27.5 Å². The Morgan fingerprint density at radius 2 is 1.63 bits per heavy atom. The fraction of sp³-hybridized carbons (Fsp3) is 0.160. The molecule has 0 spiro atoms. The van der Waals surface area contributed by atoms with Crippen LogP contribution in [0.15, 0.2) is 79.5 Å². The molecule has 0 aliphatic rings. The summed E-state index contributed by atoms with van der Waals surface area (Å²) in [4.78, 5) is 32.8. The van der Waals surface area contributed by atoms with Crippen LogP contribution < -0.4 is 4.74 Å². The van der Waals surface area contributed by atoms with Crippen molar-refractivity contribution in [3.8, 4) is 11.8 Å². The molecule has 1 atom stereocenters. The number of benzene rings is 2. The van der Waals surface area contributed by atoms with E-state index < -0.39 is 24.0 Å². The van der Waals surface area contributed by atoms with Gasteiger partial charge in [0.2, 0.25) is 0 Å². The van der Waals surface area contributed by atoms with Crippen molar-refractivity contribution >= 4 is 11.9 Å². The normalized spacial score (nSPS) is 11.7. The number of hydrogen-bond acceptors (Lipinski definition) is 6. The molecule has 0 saturated heterocycles. The topological polar surface area (TPSA) is 127 Å². The van der Waals surface area contributed by atoms with Gasteiger partial charge in [0.25, 0.3) is 0 Å². The van der Waals surface area contributed by atoms with Crippen LogP contribution in [0, 0.1) is 5.82 Å². The van der Waals surface area contributed by atoms with E-state index in [4.69, 9.17) is 14.6 Å². The summed E-state index contributed by atoms with van der Waals surface area (Å²) in [6.45, 7) is 0.695. The summed E-state index contributed by atoms with van der Waals surface area (Å²) in [6.07, 6.45) is 1.61. The molecule has 13 heteroatoms. The van der Waals surface area contributed by atoms with Crippen molar-refractivity contribution in [1.29, 1.82) is 0 Å². The summed E-state index contributed by atoms with van der Waals surface area (Å²) in [6, 6.07) is 15.0. The zero-order chi connectivity index (χ0) is 27.7. The molecular weight excluding hydrogens is 512 g/mol. The molecule has 0 saturated carbocycles. The van der Waals surface area contributed by atoms with Crippen LogP contribution in [-0.2, 0) is 16.1 Å². The first-order valence-corrected chi connectivity index (χ1v) is 10.8. The number of nitrogens with zero attached hydrogens (tertiary/aromatic N) is 4. The number of imidazole rings is 1. The molecule has 0 aliphatic carbocycles. The highest BCUT2D eigenvalue weighted by molar-refractivity contribution is 5.73. The van der Waals surface area contributed by atoms with Gasteiger partial charge < -0.3 is 19.5 Å². The second kappa shape index (κ2) is 12.4. The predicted octanol–water partition coefficient (Wildman–Crippen LogP) is 4.89. The second-order valence-electron chi connectivity index (χ2n) is 7.75. The highest BCUT2D eigenvalue weighted by Crippen LogP contribution is 2.28. The Morgan fingerprint density at radius 1 is 0.974 bits per heavy atom. The zero-order valence-corrected chi connectivity index (χ0v) is 19.4. The molecule has 2 aromatic heterocycles. The Kier molecular flexibility index (Phi) is 9.09. The lowest BCUT2D eigenvalue weighted by molar-refractivity contribution is -0.192. The molecule has 0 bridgehead atoms. The molecule has 0 fully saturated rings. The van der Waals surface area contributed by atoms with Crippen molar-refractivity contribution in [2.24, 2.45) is 0 Å². The van der Waals surface area contributed by atoms with Gasteiger partial charge in [-0.2, -0.15) is 18.2 Å². The van der Waals surface area contributed by atoms with Gasteiger partial charge in [-0.1, -0.05) is 24.3 Å². The van der Waals surface area contributed by atoms with Crippen molar-refractivity contribution in [2.75, 3.05) is 0 Å². The lowest BCUT2D eigenvalue weighted by Crippen LogP contribution is -2.21. The van der Waals surface area contributed by atoms with E-state index in [2.05, 4.69) is 15.0 Å². The Balaban J connectivity index is 0.000000505. The molecule has 2 N–H and O–H groups in total. The number of alkyl halides is 3. The van der Waals surface area contributed by atoms with E-state index in [-0.39, 0.29) is 18.2 Å². The van der Waals surface area contributed by atoms with Gasteiger partial charge in [0.15, 0.2) is 0 Å². The molecule has 2 aromatic carbocycles. The van der Waals surface area contributed by atoms with Crippen LogP contribution in [0.2, 0.25) is 0 Å². The number of aliphatic carboxylic acids is 2. The van der Waals surface area contributed by atoms with Gasteiger partial charge in [0.1, 0.15) is 11.6 Å². The Morgan fingerprint density at radius 3 is 2.18 bits per heavy atom. The predicted molar refractivity (Wildman–Crippen MR) is 124 cm³/mol. The molecule has 38 heavy (non-hydrogen) atoms. The van der Waals surface area contributed by atoms with E-state index >= 15 is 0 Å². The monoisotopic (exact) mass is 532 g/mol. The number of halogens is 4. The minimum Gasteiger partial charge on any atom is -0.481 e. The van der Waals surface area contributed by atoms with Crippen LogP contribution in [0.3, 0.4) is 0 Å². The van der Waals surface area contributed by atoms with Gasteiger partial charge in [-0.15, -0.1) is 0 Å². The number of ether oxygens (including phenoxy) is 1. The van der Waals surface area contributed by atoms with Crippen molar-refractivity contribution in [3.05, 3.63) is 102 Å². The lowest BCUT2D eigenvalue weighted by Gasteiger charge is -2.15. The summed E-state index contributed by atoms with van der Waals surface area (Å²) in [5, 5.41) is 16.5. The van der Waals surface area contributed by atoms with Crippen molar-refractivity contribution in [1.82, 2.24) is 19.5 Å². The number of aromatic nitrogens is 4. The maximum Gasteiger partial charge on any atom is 0.490 e. The van der Waals surface area contributed by atoms with Crippen LogP contribution in [0.1, 0.15) is 29.2 Å². The highest BCUT2D eigenvalue weighted by atomic mass is 19.4. The molecule has 2 heterocycles. The van der Waals surface area contributed by atoms with Crippen molar-refractivity contribution < 1.29 is 42.1 Å². The molecule has 198 valence electrons. The molecule has 1 unspecified atom stereocenters. The first kappa shape index (κ1) is 27.8. The van der Waals surface area contributed by atoms with Crippen molar-refractivity contribution in [3.63, 3.8) is 0 Å². The fourth-order valence-corrected chi connectivity index (χ4v) is 3.22. The Hall–Kier alpha value is -4.81. The average molecular weight is 532 g/mol. The SMILES string of the molecule is O=C(O)C(F)(F)F.O=C(O)CC(c1ccc(F)cc1)c1ccnc(Oc2ccc(Cn3ccnc3)cc2)n1. The number of rotatable bonds is 8. The van der Waals surface area contributed by atoms with E-state index in [1.807, 2.05) is 35.0 Å². The first-order chi connectivity index (χ1) is 18.0. The largest absolute Gasteiger partial charge is 0.490 e. The minimum absolute atomic E-state index is 0.109. The summed E-state index contributed by atoms with van der Waals surface area (Å²) < 4.78 is 52.8. The number of carboxylic acid groups (broad SMARTS) is 2. The minimum atomic E-state index is -5.08. The lowest BCUT2D eigenvalue weighted by atomic mass is 9.92. The number of hydrogen-bond donors (Lipinski definition) is 2. The maximum absolute atomic E-state index is 13.3. The molecule has 0 aliphatic heterocycles. The van der Waals surface area contributed by atoms with Gasteiger partial charge in [-0.3, -0.25) is 4.79 Å². The van der Waals surface area contributed by atoms with E-state index in [1.54, 1.807) is 30.7 Å². The molecule has 9 nitrogen and oxygen atoms in total. The smallest absolute Gasteiger partial charge is 0.481 e. The zero-order valence-electron chi connectivity index (χ0n) is 19.4. The van der Waals surface area contributed by atoms with Crippen LogP contribution in [0.4, 0.5) is 17.6 Å². The summed E-state index contributed by atoms with van der Waals surface area (Å²) >= 11 is 0. The van der Waals surface area contributed by atoms with E-state index in [0.29, 0.717) is 23.6 Å². The van der Waals surface area contributed by atoms with Gasteiger partial charge in [0, 0.05) is 31.1 Å². The third-order valence-corrected chi connectivity index (χ3v) is 4.96. The third kappa shape index (κ3) is 8.40. The number of carboxylic acids is 2. The third-order valence-electron chi connectivity index (χ3n) is 4.96. The molecule has 0 radical (unpaired) electrons. The van der Waals surface area contributed by atoms with Crippen LogP contribution in [-0.4, -0.2) is 47.8 Å². The van der Waals surface area contributed by atoms with Crippen LogP contribution in [0.25, 0.3) is 0 Å². The molecule has 4 rings (SSSR count). The van der Waals surface area contributed by atoms with Gasteiger partial charge in [0.05, 0.1) is 18.4 Å². The first-order valence-electron chi connectivity index (χ1n) is 10.8. The number of carbonyl (C=O) groups is 2.